The van der Waals surface area contributed by atoms with Crippen molar-refractivity contribution in [1.29, 1.82) is 0 Å². The van der Waals surface area contributed by atoms with Crippen LogP contribution in [0, 0.1) is 13.8 Å². The molecule has 0 radical (unpaired) electrons. The summed E-state index contributed by atoms with van der Waals surface area (Å²) < 4.78 is 10.8. The van der Waals surface area contributed by atoms with E-state index in [1.165, 1.54) is 11.1 Å². The fourth-order valence-electron chi connectivity index (χ4n) is 1.91. The summed E-state index contributed by atoms with van der Waals surface area (Å²) in [5.41, 5.74) is 3.50. The summed E-state index contributed by atoms with van der Waals surface area (Å²) >= 11 is 0. The number of aryl methyl sites for hydroxylation is 2. The average Bonchev–Trinajstić information content (AvgIpc) is 2.23. The monoisotopic (exact) mass is 223 g/mol. The molecule has 0 saturated heterocycles. The Bertz CT molecular complexity index is 361. The minimum atomic E-state index is -0.00962. The zero-order chi connectivity index (χ0) is 12.3. The molecular weight excluding hydrogens is 202 g/mol. The molecule has 3 heteroatoms. The highest BCUT2D eigenvalue weighted by molar-refractivity contribution is 5.42. The van der Waals surface area contributed by atoms with Crippen LogP contribution in [0.5, 0.6) is 5.75 Å². The molecule has 3 nitrogen and oxygen atoms in total. The van der Waals surface area contributed by atoms with E-state index in [-0.39, 0.29) is 6.23 Å². The molecule has 1 aromatic carbocycles. The molecule has 0 aromatic heterocycles. The van der Waals surface area contributed by atoms with E-state index < -0.39 is 0 Å². The lowest BCUT2D eigenvalue weighted by molar-refractivity contribution is -0.00591. The third kappa shape index (κ3) is 2.54. The van der Waals surface area contributed by atoms with Gasteiger partial charge in [-0.05, 0) is 56.8 Å². The van der Waals surface area contributed by atoms with Crippen molar-refractivity contribution >= 4 is 0 Å². The zero-order valence-electron chi connectivity index (χ0n) is 11.0. The van der Waals surface area contributed by atoms with Gasteiger partial charge in [-0.25, -0.2) is 0 Å². The number of nitrogens with zero attached hydrogens (tertiary/aromatic N) is 1. The van der Waals surface area contributed by atoms with Crippen molar-refractivity contribution < 1.29 is 9.47 Å². The molecule has 0 aliphatic heterocycles. The minimum absolute atomic E-state index is 0.00962. The van der Waals surface area contributed by atoms with Crippen molar-refractivity contribution in [2.75, 3.05) is 28.3 Å². The molecular formula is C13H21NO2. The minimum Gasteiger partial charge on any atom is -0.496 e. The molecule has 0 saturated carbocycles. The molecule has 1 atom stereocenters. The smallest absolute Gasteiger partial charge is 0.136 e. The summed E-state index contributed by atoms with van der Waals surface area (Å²) in [7, 11) is 7.44. The molecule has 90 valence electrons. The Morgan fingerprint density at radius 3 is 2.12 bits per heavy atom. The fraction of sp³-hybridized carbons (Fsp3) is 0.538. The van der Waals surface area contributed by atoms with Crippen LogP contribution in [0.25, 0.3) is 0 Å². The van der Waals surface area contributed by atoms with Gasteiger partial charge in [-0.1, -0.05) is 0 Å². The third-order valence-corrected chi connectivity index (χ3v) is 2.74. The van der Waals surface area contributed by atoms with Gasteiger partial charge in [0.25, 0.3) is 0 Å². The van der Waals surface area contributed by atoms with Crippen molar-refractivity contribution in [2.24, 2.45) is 0 Å². The molecule has 0 bridgehead atoms. The Kier molecular flexibility index (Phi) is 4.33. The SMILES string of the molecule is COc1cc(C)c(C(OC)N(C)C)cc1C. The standard InChI is InChI=1S/C13H21NO2/c1-9-8-12(15-5)10(2)7-11(9)13(16-6)14(3)4/h7-8,13H,1-6H3. The van der Waals surface area contributed by atoms with Gasteiger partial charge in [0.15, 0.2) is 0 Å². The highest BCUT2D eigenvalue weighted by Gasteiger charge is 2.16. The van der Waals surface area contributed by atoms with Gasteiger partial charge in [-0.15, -0.1) is 0 Å². The first-order valence-corrected chi connectivity index (χ1v) is 5.35. The topological polar surface area (TPSA) is 21.7 Å². The number of rotatable bonds is 4. The van der Waals surface area contributed by atoms with E-state index >= 15 is 0 Å². The fourth-order valence-corrected chi connectivity index (χ4v) is 1.91. The first-order valence-electron chi connectivity index (χ1n) is 5.35. The summed E-state index contributed by atoms with van der Waals surface area (Å²) in [6.07, 6.45) is -0.00962. The van der Waals surface area contributed by atoms with Gasteiger partial charge in [-0.2, -0.15) is 0 Å². The van der Waals surface area contributed by atoms with Crippen LogP contribution >= 0.6 is 0 Å². The third-order valence-electron chi connectivity index (χ3n) is 2.74. The van der Waals surface area contributed by atoms with E-state index in [4.69, 9.17) is 9.47 Å². The predicted octanol–water partition coefficient (Wildman–Crippen LogP) is 2.52. The Balaban J connectivity index is 3.18. The maximum Gasteiger partial charge on any atom is 0.136 e. The van der Waals surface area contributed by atoms with E-state index in [0.29, 0.717) is 0 Å². The van der Waals surface area contributed by atoms with Gasteiger partial charge < -0.3 is 9.47 Å². The summed E-state index contributed by atoms with van der Waals surface area (Å²) in [6.45, 7) is 4.12. The Morgan fingerprint density at radius 2 is 1.69 bits per heavy atom. The van der Waals surface area contributed by atoms with Crippen LogP contribution in [0.4, 0.5) is 0 Å². The molecule has 0 heterocycles. The van der Waals surface area contributed by atoms with Gasteiger partial charge in [0, 0.05) is 7.11 Å². The number of hydrogen-bond donors (Lipinski definition) is 0. The van der Waals surface area contributed by atoms with Crippen LogP contribution in [-0.2, 0) is 4.74 Å². The highest BCUT2D eigenvalue weighted by atomic mass is 16.5. The van der Waals surface area contributed by atoms with Gasteiger partial charge in [0.1, 0.15) is 12.0 Å². The van der Waals surface area contributed by atoms with E-state index in [9.17, 15) is 0 Å². The average molecular weight is 223 g/mol. The van der Waals surface area contributed by atoms with E-state index in [1.54, 1.807) is 14.2 Å². The van der Waals surface area contributed by atoms with Crippen LogP contribution in [0.1, 0.15) is 22.9 Å². The van der Waals surface area contributed by atoms with Gasteiger partial charge in [-0.3, -0.25) is 4.90 Å². The summed E-state index contributed by atoms with van der Waals surface area (Å²) in [6, 6.07) is 4.18. The summed E-state index contributed by atoms with van der Waals surface area (Å²) in [4.78, 5) is 2.05. The normalized spacial score (nSPS) is 12.9. The Hall–Kier alpha value is -1.06. The van der Waals surface area contributed by atoms with Gasteiger partial charge in [0.2, 0.25) is 0 Å². The maximum absolute atomic E-state index is 5.49. The van der Waals surface area contributed by atoms with E-state index in [1.807, 2.05) is 25.9 Å². The number of hydrogen-bond acceptors (Lipinski definition) is 3. The molecule has 1 rings (SSSR count). The summed E-state index contributed by atoms with van der Waals surface area (Å²) in [5.74, 6) is 0.926. The van der Waals surface area contributed by atoms with Crippen LogP contribution in [-0.4, -0.2) is 33.2 Å². The lowest BCUT2D eigenvalue weighted by Crippen LogP contribution is -2.22. The number of methoxy groups -OCH3 is 2. The second-order valence-corrected chi connectivity index (χ2v) is 4.23. The quantitative estimate of drug-likeness (QED) is 0.732. The molecule has 0 spiro atoms. The van der Waals surface area contributed by atoms with E-state index in [2.05, 4.69) is 19.1 Å². The highest BCUT2D eigenvalue weighted by Crippen LogP contribution is 2.28. The number of ether oxygens (including phenoxy) is 2. The molecule has 0 aliphatic rings. The molecule has 0 fully saturated rings. The second kappa shape index (κ2) is 5.32. The van der Waals surface area contributed by atoms with E-state index in [0.717, 1.165) is 11.3 Å². The first kappa shape index (κ1) is 13.0. The zero-order valence-corrected chi connectivity index (χ0v) is 11.0. The number of benzene rings is 1. The molecule has 1 aromatic rings. The van der Waals surface area contributed by atoms with Crippen molar-refractivity contribution in [3.63, 3.8) is 0 Å². The second-order valence-electron chi connectivity index (χ2n) is 4.23. The first-order chi connectivity index (χ1) is 7.51. The van der Waals surface area contributed by atoms with Crippen molar-refractivity contribution in [3.8, 4) is 5.75 Å². The van der Waals surface area contributed by atoms with Gasteiger partial charge in [0.05, 0.1) is 7.11 Å². The molecule has 0 amide bonds. The molecule has 0 aliphatic carbocycles. The van der Waals surface area contributed by atoms with Crippen LogP contribution < -0.4 is 4.74 Å². The molecule has 16 heavy (non-hydrogen) atoms. The lowest BCUT2D eigenvalue weighted by Gasteiger charge is -2.25. The Labute approximate surface area is 98.0 Å². The predicted molar refractivity (Wildman–Crippen MR) is 65.9 cm³/mol. The van der Waals surface area contributed by atoms with Gasteiger partial charge >= 0.3 is 0 Å². The lowest BCUT2D eigenvalue weighted by atomic mass is 10.0. The van der Waals surface area contributed by atoms with Crippen LogP contribution in [0.2, 0.25) is 0 Å². The van der Waals surface area contributed by atoms with Crippen molar-refractivity contribution in [1.82, 2.24) is 4.90 Å². The van der Waals surface area contributed by atoms with Crippen LogP contribution in [0.3, 0.4) is 0 Å². The van der Waals surface area contributed by atoms with Crippen LogP contribution in [0.15, 0.2) is 12.1 Å². The largest absolute Gasteiger partial charge is 0.496 e. The molecule has 0 N–H and O–H groups in total. The van der Waals surface area contributed by atoms with Crippen molar-refractivity contribution in [3.05, 3.63) is 28.8 Å². The molecule has 1 unspecified atom stereocenters. The van der Waals surface area contributed by atoms with Crippen molar-refractivity contribution in [2.45, 2.75) is 20.1 Å². The maximum atomic E-state index is 5.49. The summed E-state index contributed by atoms with van der Waals surface area (Å²) in [5, 5.41) is 0. The Morgan fingerprint density at radius 1 is 1.06 bits per heavy atom.